The molecule has 0 saturated carbocycles. The van der Waals surface area contributed by atoms with E-state index in [-0.39, 0.29) is 18.1 Å². The Labute approximate surface area is 233 Å². The van der Waals surface area contributed by atoms with E-state index in [2.05, 4.69) is 22.2 Å². The van der Waals surface area contributed by atoms with Gasteiger partial charge < -0.3 is 20.1 Å². The Morgan fingerprint density at radius 3 is 2.61 bits per heavy atom. The van der Waals surface area contributed by atoms with E-state index in [9.17, 15) is 9.90 Å². The molecule has 1 saturated heterocycles. The highest BCUT2D eigenvalue weighted by Crippen LogP contribution is 2.40. The van der Waals surface area contributed by atoms with Crippen LogP contribution in [0.5, 0.6) is 0 Å². The summed E-state index contributed by atoms with van der Waals surface area (Å²) in [5.74, 6) is 0.706. The van der Waals surface area contributed by atoms with Crippen LogP contribution in [0.2, 0.25) is 5.02 Å². The Hall–Kier alpha value is -2.56. The number of aliphatic hydroxyl groups is 1. The lowest BCUT2D eigenvalue weighted by atomic mass is 9.74. The van der Waals surface area contributed by atoms with E-state index < -0.39 is 11.7 Å². The Morgan fingerprint density at radius 1 is 1.29 bits per heavy atom. The van der Waals surface area contributed by atoms with Crippen molar-refractivity contribution < 1.29 is 14.6 Å². The molecule has 38 heavy (non-hydrogen) atoms. The summed E-state index contributed by atoms with van der Waals surface area (Å²) in [6.07, 6.45) is 3.10. The molecule has 1 aliphatic heterocycles. The summed E-state index contributed by atoms with van der Waals surface area (Å²) in [6, 6.07) is 3.90. The number of aromatic nitrogens is 4. The molecule has 0 radical (unpaired) electrons. The largest absolute Gasteiger partial charge is 0.444 e. The van der Waals surface area contributed by atoms with Gasteiger partial charge in [-0.05, 0) is 65.0 Å². The maximum atomic E-state index is 12.3. The van der Waals surface area contributed by atoms with Crippen molar-refractivity contribution in [3.63, 3.8) is 0 Å². The second-order valence-corrected chi connectivity index (χ2v) is 12.6. The minimum Gasteiger partial charge on any atom is -0.444 e. The van der Waals surface area contributed by atoms with Crippen molar-refractivity contribution in [1.29, 1.82) is 0 Å². The highest BCUT2D eigenvalue weighted by Gasteiger charge is 2.37. The zero-order valence-electron chi connectivity index (χ0n) is 23.1. The van der Waals surface area contributed by atoms with E-state index in [0.717, 1.165) is 47.4 Å². The van der Waals surface area contributed by atoms with Crippen LogP contribution in [0.15, 0.2) is 28.3 Å². The van der Waals surface area contributed by atoms with Gasteiger partial charge in [0.2, 0.25) is 0 Å². The lowest BCUT2D eigenvalue weighted by Gasteiger charge is -2.44. The molecule has 2 aromatic heterocycles. The molecule has 1 unspecified atom stereocenters. The van der Waals surface area contributed by atoms with Crippen LogP contribution >= 0.6 is 23.4 Å². The number of benzene rings is 1. The van der Waals surface area contributed by atoms with Crippen LogP contribution in [0.25, 0.3) is 10.9 Å². The first-order chi connectivity index (χ1) is 17.8. The number of nitrogens with one attached hydrogen (secondary N) is 1. The summed E-state index contributed by atoms with van der Waals surface area (Å²) in [5, 5.41) is 19.8. The summed E-state index contributed by atoms with van der Waals surface area (Å²) >= 11 is 8.15. The molecule has 1 aliphatic rings. The van der Waals surface area contributed by atoms with Crippen LogP contribution in [0.1, 0.15) is 58.8 Å². The minimum atomic E-state index is -0.535. The molecule has 3 aromatic rings. The number of piperidine rings is 1. The van der Waals surface area contributed by atoms with E-state index >= 15 is 0 Å². The van der Waals surface area contributed by atoms with Gasteiger partial charge in [0, 0.05) is 36.5 Å². The van der Waals surface area contributed by atoms with E-state index in [0.29, 0.717) is 21.6 Å². The molecular formula is C27H37ClN6O3S. The average Bonchev–Trinajstić information content (AvgIpc) is 3.22. The fourth-order valence-electron chi connectivity index (χ4n) is 4.69. The number of anilines is 1. The van der Waals surface area contributed by atoms with Crippen molar-refractivity contribution in [2.24, 2.45) is 12.5 Å². The number of aryl methyl sites for hydroxylation is 2. The third kappa shape index (κ3) is 6.02. The number of fused-ring (bicyclic) bond motifs is 1. The Bertz CT molecular complexity index is 1330. The van der Waals surface area contributed by atoms with Crippen molar-refractivity contribution in [3.8, 4) is 0 Å². The molecule has 9 nitrogen and oxygen atoms in total. The van der Waals surface area contributed by atoms with Gasteiger partial charge in [-0.1, -0.05) is 30.3 Å². The lowest BCUT2D eigenvalue weighted by molar-refractivity contribution is 0.0442. The predicted molar refractivity (Wildman–Crippen MR) is 151 cm³/mol. The van der Waals surface area contributed by atoms with Crippen LogP contribution < -0.4 is 10.2 Å². The lowest BCUT2D eigenvalue weighted by Crippen LogP contribution is -2.51. The predicted octanol–water partition coefficient (Wildman–Crippen LogP) is 5.49. The molecule has 1 aromatic carbocycles. The molecule has 4 rings (SSSR count). The molecule has 0 bridgehead atoms. The van der Waals surface area contributed by atoms with Gasteiger partial charge in [-0.15, -0.1) is 0 Å². The number of aliphatic hydroxyl groups excluding tert-OH is 1. The number of amides is 1. The molecule has 1 fully saturated rings. The zero-order valence-corrected chi connectivity index (χ0v) is 24.7. The highest BCUT2D eigenvalue weighted by molar-refractivity contribution is 7.99. The van der Waals surface area contributed by atoms with E-state index in [4.69, 9.17) is 26.3 Å². The van der Waals surface area contributed by atoms with Crippen LogP contribution in [0, 0.1) is 12.3 Å². The molecule has 0 spiro atoms. The highest BCUT2D eigenvalue weighted by atomic mass is 35.5. The van der Waals surface area contributed by atoms with Gasteiger partial charge in [0.1, 0.15) is 16.3 Å². The Kier molecular flexibility index (Phi) is 8.16. The van der Waals surface area contributed by atoms with Gasteiger partial charge in [0.05, 0.1) is 29.0 Å². The van der Waals surface area contributed by atoms with Crippen molar-refractivity contribution in [2.45, 2.75) is 82.6 Å². The maximum Gasteiger partial charge on any atom is 0.407 e. The number of nitrogens with zero attached hydrogens (tertiary/aromatic N) is 5. The average molecular weight is 561 g/mol. The number of ether oxygens (including phenoxy) is 1. The van der Waals surface area contributed by atoms with E-state index in [1.54, 1.807) is 10.9 Å². The fourth-order valence-corrected chi connectivity index (χ4v) is 5.98. The first kappa shape index (κ1) is 28.4. The molecule has 0 aliphatic carbocycles. The molecular weight excluding hydrogens is 524 g/mol. The summed E-state index contributed by atoms with van der Waals surface area (Å²) in [7, 11) is 1.87. The number of hydrogen-bond donors (Lipinski definition) is 2. The van der Waals surface area contributed by atoms with Gasteiger partial charge in [0.15, 0.2) is 5.82 Å². The first-order valence-corrected chi connectivity index (χ1v) is 14.0. The molecule has 3 heterocycles. The normalized spacial score (nSPS) is 16.5. The molecule has 1 amide bonds. The van der Waals surface area contributed by atoms with Crippen molar-refractivity contribution >= 4 is 46.2 Å². The van der Waals surface area contributed by atoms with Gasteiger partial charge >= 0.3 is 6.09 Å². The Morgan fingerprint density at radius 2 is 1.97 bits per heavy atom. The third-order valence-electron chi connectivity index (χ3n) is 7.22. The number of carbonyl (C=O) groups is 1. The number of hydrogen-bond acceptors (Lipinski definition) is 8. The van der Waals surface area contributed by atoms with Crippen LogP contribution in [0.4, 0.5) is 10.6 Å². The summed E-state index contributed by atoms with van der Waals surface area (Å²) in [6.45, 7) is 13.0. The topological polar surface area (TPSA) is 105 Å². The monoisotopic (exact) mass is 560 g/mol. The van der Waals surface area contributed by atoms with Crippen molar-refractivity contribution in [1.82, 2.24) is 25.1 Å². The second kappa shape index (κ2) is 10.9. The Balaban J connectivity index is 1.48. The number of carbonyl (C=O) groups excluding carboxylic acids is 1. The van der Waals surface area contributed by atoms with Crippen LogP contribution in [-0.2, 0) is 18.4 Å². The number of alkyl carbamates (subject to hydrolysis) is 1. The zero-order chi connectivity index (χ0) is 27.8. The van der Waals surface area contributed by atoms with Gasteiger partial charge in [-0.25, -0.2) is 14.8 Å². The first-order valence-electron chi connectivity index (χ1n) is 12.8. The summed E-state index contributed by atoms with van der Waals surface area (Å²) < 4.78 is 7.20. The standard InChI is InChI=1S/C27H37ClN6O3S/c1-16-24(38-20-9-8-18-14-29-33(7)22(18)21(20)28)32-19(15-35)23(30-16)34-12-10-27(6,11-13-34)17(2)31-25(36)37-26(3,4)5/h8-9,14,17,35H,10-13,15H2,1-7H3,(H,31,36). The van der Waals surface area contributed by atoms with Crippen molar-refractivity contribution in [2.75, 3.05) is 18.0 Å². The van der Waals surface area contributed by atoms with E-state index in [1.807, 2.05) is 53.8 Å². The van der Waals surface area contributed by atoms with Crippen LogP contribution in [0.3, 0.4) is 0 Å². The van der Waals surface area contributed by atoms with Gasteiger partial charge in [0.25, 0.3) is 0 Å². The molecule has 11 heteroatoms. The molecule has 1 atom stereocenters. The summed E-state index contributed by atoms with van der Waals surface area (Å²) in [5.41, 5.74) is 1.56. The van der Waals surface area contributed by atoms with Crippen molar-refractivity contribution in [3.05, 3.63) is 34.7 Å². The van der Waals surface area contributed by atoms with Gasteiger partial charge in [-0.2, -0.15) is 5.10 Å². The third-order valence-corrected chi connectivity index (χ3v) is 8.86. The number of rotatable bonds is 6. The number of halogens is 1. The smallest absolute Gasteiger partial charge is 0.407 e. The summed E-state index contributed by atoms with van der Waals surface area (Å²) in [4.78, 5) is 25.0. The fraction of sp³-hybridized carbons (Fsp3) is 0.556. The SMILES string of the molecule is Cc1nc(N2CCC(C)(C(C)NC(=O)OC(C)(C)C)CC2)c(CO)nc1Sc1ccc2cnn(C)c2c1Cl. The van der Waals surface area contributed by atoms with E-state index in [1.165, 1.54) is 11.8 Å². The van der Waals surface area contributed by atoms with Crippen LogP contribution in [-0.4, -0.2) is 55.7 Å². The minimum absolute atomic E-state index is 0.0510. The molecule has 2 N–H and O–H groups in total. The molecule has 206 valence electrons. The quantitative estimate of drug-likeness (QED) is 0.408. The maximum absolute atomic E-state index is 12.3. The van der Waals surface area contributed by atoms with Gasteiger partial charge in [-0.3, -0.25) is 4.68 Å². The second-order valence-electron chi connectivity index (χ2n) is 11.2.